The third-order valence-corrected chi connectivity index (χ3v) is 4.02. The van der Waals surface area contributed by atoms with Crippen molar-refractivity contribution in [3.63, 3.8) is 0 Å². The van der Waals surface area contributed by atoms with Gasteiger partial charge in [-0.3, -0.25) is 9.59 Å². The first kappa shape index (κ1) is 13.8. The molecular weight excluding hydrogens is 330 g/mol. The van der Waals surface area contributed by atoms with Gasteiger partial charge in [0.2, 0.25) is 5.78 Å². The van der Waals surface area contributed by atoms with Crippen LogP contribution in [0, 0.1) is 0 Å². The molecule has 0 aliphatic heterocycles. The van der Waals surface area contributed by atoms with Gasteiger partial charge in [0.1, 0.15) is 5.75 Å². The first-order valence-electron chi connectivity index (χ1n) is 5.38. The molecule has 4 nitrogen and oxygen atoms in total. The molecule has 1 aromatic carbocycles. The Morgan fingerprint density at radius 3 is 2.58 bits per heavy atom. The van der Waals surface area contributed by atoms with Gasteiger partial charge in [-0.05, 0) is 40.2 Å². The van der Waals surface area contributed by atoms with Gasteiger partial charge in [0.05, 0.1) is 14.2 Å². The van der Waals surface area contributed by atoms with Crippen molar-refractivity contribution in [1.82, 2.24) is 0 Å². The number of thiophene rings is 1. The molecule has 0 aliphatic carbocycles. The quantitative estimate of drug-likeness (QED) is 0.851. The van der Waals surface area contributed by atoms with Gasteiger partial charge in [-0.25, -0.2) is 0 Å². The Bertz CT molecular complexity index is 624. The third kappa shape index (κ3) is 3.42. The molecule has 0 unspecified atom stereocenters. The number of Topliss-reactive ketones (excluding diaryl/α,β-unsaturated/α-hetero) is 1. The van der Waals surface area contributed by atoms with Crippen molar-refractivity contribution >= 4 is 39.0 Å². The molecule has 6 heteroatoms. The zero-order valence-corrected chi connectivity index (χ0v) is 12.2. The molecule has 0 atom stereocenters. The van der Waals surface area contributed by atoms with Crippen LogP contribution in [0.4, 0.5) is 0 Å². The second kappa shape index (κ2) is 5.99. The van der Waals surface area contributed by atoms with E-state index in [0.717, 1.165) is 3.79 Å². The Morgan fingerprint density at radius 2 is 1.95 bits per heavy atom. The monoisotopic (exact) mass is 339 g/mol. The predicted molar refractivity (Wildman–Crippen MR) is 76.8 cm³/mol. The minimum atomic E-state index is -0.582. The summed E-state index contributed by atoms with van der Waals surface area (Å²) in [5.74, 6) is -0.407. The largest absolute Gasteiger partial charge is 0.485 e. The molecule has 0 spiro atoms. The van der Waals surface area contributed by atoms with Crippen LogP contribution in [0.3, 0.4) is 0 Å². The van der Waals surface area contributed by atoms with Gasteiger partial charge in [-0.2, -0.15) is 0 Å². The van der Waals surface area contributed by atoms with Crippen LogP contribution in [0.2, 0.25) is 0 Å². The van der Waals surface area contributed by atoms with Crippen molar-refractivity contribution in [3.8, 4) is 5.75 Å². The van der Waals surface area contributed by atoms with E-state index in [0.29, 0.717) is 10.6 Å². The topological polar surface area (TPSA) is 69.4 Å². The number of ketones is 1. The molecule has 0 saturated heterocycles. The van der Waals surface area contributed by atoms with Crippen LogP contribution in [0.15, 0.2) is 40.2 Å². The molecule has 0 fully saturated rings. The molecular formula is C13H10BrNO3S. The van der Waals surface area contributed by atoms with E-state index in [4.69, 9.17) is 10.5 Å². The smallest absolute Gasteiger partial charge is 0.252 e. The van der Waals surface area contributed by atoms with Crippen LogP contribution in [0.5, 0.6) is 5.75 Å². The first-order chi connectivity index (χ1) is 9.08. The summed E-state index contributed by atoms with van der Waals surface area (Å²) < 4.78 is 6.25. The number of para-hydroxylation sites is 1. The second-order valence-electron chi connectivity index (χ2n) is 3.68. The number of carbonyl (C=O) groups is 2. The molecule has 0 aliphatic rings. The van der Waals surface area contributed by atoms with E-state index in [1.807, 2.05) is 0 Å². The van der Waals surface area contributed by atoms with E-state index in [9.17, 15) is 9.59 Å². The molecule has 0 radical (unpaired) electrons. The maximum atomic E-state index is 11.9. The zero-order valence-electron chi connectivity index (χ0n) is 9.76. The zero-order chi connectivity index (χ0) is 13.8. The molecule has 2 aromatic rings. The highest BCUT2D eigenvalue weighted by Crippen LogP contribution is 2.23. The average Bonchev–Trinajstić information content (AvgIpc) is 2.83. The maximum Gasteiger partial charge on any atom is 0.252 e. The molecule has 2 N–H and O–H groups in total. The highest BCUT2D eigenvalue weighted by molar-refractivity contribution is 9.11. The summed E-state index contributed by atoms with van der Waals surface area (Å²) in [7, 11) is 0. The number of benzene rings is 1. The van der Waals surface area contributed by atoms with Crippen LogP contribution in [-0.4, -0.2) is 18.3 Å². The van der Waals surface area contributed by atoms with Crippen molar-refractivity contribution in [2.24, 2.45) is 5.73 Å². The molecule has 2 rings (SSSR count). The van der Waals surface area contributed by atoms with E-state index in [-0.39, 0.29) is 18.0 Å². The molecule has 1 amide bonds. The van der Waals surface area contributed by atoms with Crippen LogP contribution in [0.25, 0.3) is 0 Å². The van der Waals surface area contributed by atoms with E-state index >= 15 is 0 Å². The van der Waals surface area contributed by atoms with Gasteiger partial charge in [0, 0.05) is 0 Å². The van der Waals surface area contributed by atoms with Crippen LogP contribution >= 0.6 is 27.3 Å². The highest BCUT2D eigenvalue weighted by atomic mass is 79.9. The van der Waals surface area contributed by atoms with Crippen molar-refractivity contribution in [1.29, 1.82) is 0 Å². The van der Waals surface area contributed by atoms with Crippen molar-refractivity contribution in [2.45, 2.75) is 0 Å². The van der Waals surface area contributed by atoms with Crippen LogP contribution in [-0.2, 0) is 0 Å². The number of primary amides is 1. The molecule has 19 heavy (non-hydrogen) atoms. The lowest BCUT2D eigenvalue weighted by Crippen LogP contribution is -2.16. The number of ether oxygens (including phenoxy) is 1. The van der Waals surface area contributed by atoms with E-state index in [1.54, 1.807) is 36.4 Å². The highest BCUT2D eigenvalue weighted by Gasteiger charge is 2.12. The Kier molecular flexibility index (Phi) is 4.34. The normalized spacial score (nSPS) is 10.2. The molecule has 1 aromatic heterocycles. The molecule has 98 valence electrons. The van der Waals surface area contributed by atoms with E-state index in [2.05, 4.69) is 15.9 Å². The summed E-state index contributed by atoms with van der Waals surface area (Å²) in [5.41, 5.74) is 5.49. The van der Waals surface area contributed by atoms with Crippen molar-refractivity contribution < 1.29 is 14.3 Å². The van der Waals surface area contributed by atoms with Gasteiger partial charge in [-0.15, -0.1) is 11.3 Å². The fourth-order valence-electron chi connectivity index (χ4n) is 1.47. The van der Waals surface area contributed by atoms with Crippen molar-refractivity contribution in [3.05, 3.63) is 50.6 Å². The lowest BCUT2D eigenvalue weighted by Gasteiger charge is -2.07. The fourth-order valence-corrected chi connectivity index (χ4v) is 2.79. The molecule has 1 heterocycles. The number of halogens is 1. The Labute approximate surface area is 122 Å². The fraction of sp³-hybridized carbons (Fsp3) is 0.0769. The maximum absolute atomic E-state index is 11.9. The van der Waals surface area contributed by atoms with Gasteiger partial charge in [0.25, 0.3) is 5.91 Å². The lowest BCUT2D eigenvalue weighted by atomic mass is 10.2. The first-order valence-corrected chi connectivity index (χ1v) is 6.99. The standard InChI is InChI=1S/C13H10BrNO3S/c14-12-6-5-11(19-12)9(16)7-18-10-4-2-1-3-8(10)13(15)17/h1-6H,7H2,(H2,15,17). The lowest BCUT2D eigenvalue weighted by molar-refractivity contribution is 0.0916. The average molecular weight is 340 g/mol. The Hall–Kier alpha value is -1.66. The number of hydrogen-bond donors (Lipinski definition) is 1. The SMILES string of the molecule is NC(=O)c1ccccc1OCC(=O)c1ccc(Br)s1. The second-order valence-corrected chi connectivity index (χ2v) is 6.14. The van der Waals surface area contributed by atoms with Crippen LogP contribution in [0.1, 0.15) is 20.0 Å². The number of nitrogens with two attached hydrogens (primary N) is 1. The van der Waals surface area contributed by atoms with E-state index in [1.165, 1.54) is 11.3 Å². The van der Waals surface area contributed by atoms with Crippen LogP contribution < -0.4 is 10.5 Å². The number of hydrogen-bond acceptors (Lipinski definition) is 4. The minimum absolute atomic E-state index is 0.128. The Morgan fingerprint density at radius 1 is 1.21 bits per heavy atom. The summed E-state index contributed by atoms with van der Waals surface area (Å²) in [6.07, 6.45) is 0. The molecule has 0 saturated carbocycles. The number of rotatable bonds is 5. The summed E-state index contributed by atoms with van der Waals surface area (Å²) >= 11 is 4.63. The van der Waals surface area contributed by atoms with Gasteiger partial charge in [0.15, 0.2) is 6.61 Å². The summed E-state index contributed by atoms with van der Waals surface area (Å²) in [4.78, 5) is 23.7. The summed E-state index contributed by atoms with van der Waals surface area (Å²) in [6.45, 7) is -0.128. The van der Waals surface area contributed by atoms with E-state index < -0.39 is 5.91 Å². The summed E-state index contributed by atoms with van der Waals surface area (Å²) in [5, 5.41) is 0. The molecule has 0 bridgehead atoms. The van der Waals surface area contributed by atoms with Gasteiger partial charge < -0.3 is 10.5 Å². The third-order valence-electron chi connectivity index (χ3n) is 2.36. The summed E-state index contributed by atoms with van der Waals surface area (Å²) in [6, 6.07) is 10.1. The predicted octanol–water partition coefficient (Wildman–Crippen LogP) is 2.87. The van der Waals surface area contributed by atoms with Crippen molar-refractivity contribution in [2.75, 3.05) is 6.61 Å². The number of amides is 1. The minimum Gasteiger partial charge on any atom is -0.485 e. The van der Waals surface area contributed by atoms with Gasteiger partial charge in [-0.1, -0.05) is 12.1 Å². The Balaban J connectivity index is 2.07. The number of carbonyl (C=O) groups excluding carboxylic acids is 2. The van der Waals surface area contributed by atoms with Gasteiger partial charge >= 0.3 is 0 Å².